The van der Waals surface area contributed by atoms with Crippen molar-refractivity contribution < 1.29 is 9.53 Å². The van der Waals surface area contributed by atoms with Crippen LogP contribution in [0.15, 0.2) is 52.0 Å². The number of nitrogens with one attached hydrogen (secondary N) is 1. The van der Waals surface area contributed by atoms with Crippen LogP contribution >= 0.6 is 27.5 Å². The zero-order chi connectivity index (χ0) is 17.4. The van der Waals surface area contributed by atoms with Crippen molar-refractivity contribution in [2.45, 2.75) is 19.8 Å². The molecule has 0 radical (unpaired) electrons. The molecule has 2 rings (SSSR count). The number of nitrogens with zero attached hydrogens (tertiary/aromatic N) is 1. The fourth-order valence-corrected chi connectivity index (χ4v) is 2.46. The molecule has 0 bridgehead atoms. The number of hydrogen-bond acceptors (Lipinski definition) is 3. The first-order valence-electron chi connectivity index (χ1n) is 7.51. The maximum absolute atomic E-state index is 11.7. The summed E-state index contributed by atoms with van der Waals surface area (Å²) in [5.41, 5.74) is 4.40. The monoisotopic (exact) mass is 408 g/mol. The molecule has 6 heteroatoms. The van der Waals surface area contributed by atoms with Gasteiger partial charge >= 0.3 is 0 Å². The number of benzene rings is 2. The van der Waals surface area contributed by atoms with Crippen LogP contribution in [0.5, 0.6) is 5.75 Å². The average Bonchev–Trinajstić information content (AvgIpc) is 2.55. The van der Waals surface area contributed by atoms with Crippen LogP contribution < -0.4 is 10.2 Å². The van der Waals surface area contributed by atoms with E-state index >= 15 is 0 Å². The highest BCUT2D eigenvalue weighted by Crippen LogP contribution is 2.21. The molecule has 0 aliphatic carbocycles. The van der Waals surface area contributed by atoms with Gasteiger partial charge in [-0.1, -0.05) is 39.7 Å². The lowest BCUT2D eigenvalue weighted by atomic mass is 10.2. The second-order valence-corrected chi connectivity index (χ2v) is 6.56. The van der Waals surface area contributed by atoms with Crippen LogP contribution in [0, 0.1) is 6.92 Å². The van der Waals surface area contributed by atoms with Crippen LogP contribution in [0.25, 0.3) is 0 Å². The topological polar surface area (TPSA) is 50.7 Å². The molecule has 0 aliphatic rings. The lowest BCUT2D eigenvalue weighted by Crippen LogP contribution is -2.18. The Hall–Kier alpha value is -1.85. The highest BCUT2D eigenvalue weighted by atomic mass is 79.9. The van der Waals surface area contributed by atoms with E-state index in [1.807, 2.05) is 43.3 Å². The summed E-state index contributed by atoms with van der Waals surface area (Å²) in [6.07, 6.45) is 2.57. The molecular weight excluding hydrogens is 392 g/mol. The quantitative estimate of drug-likeness (QED) is 0.409. The third-order valence-electron chi connectivity index (χ3n) is 3.22. The molecule has 126 valence electrons. The van der Waals surface area contributed by atoms with E-state index in [2.05, 4.69) is 26.5 Å². The van der Waals surface area contributed by atoms with Crippen molar-refractivity contribution in [2.24, 2.45) is 5.10 Å². The summed E-state index contributed by atoms with van der Waals surface area (Å²) in [6.45, 7) is 2.40. The number of hydrogen-bond donors (Lipinski definition) is 1. The first kappa shape index (κ1) is 18.5. The Kier molecular flexibility index (Phi) is 7.28. The third kappa shape index (κ3) is 6.34. The minimum atomic E-state index is -0.139. The van der Waals surface area contributed by atoms with Gasteiger partial charge in [0.05, 0.1) is 12.8 Å². The molecule has 0 atom stereocenters. The fraction of sp³-hybridized carbons (Fsp3) is 0.222. The highest BCUT2D eigenvalue weighted by Gasteiger charge is 2.02. The number of rotatable bonds is 7. The van der Waals surface area contributed by atoms with Gasteiger partial charge in [-0.25, -0.2) is 5.43 Å². The predicted octanol–water partition coefficient (Wildman–Crippen LogP) is 4.72. The summed E-state index contributed by atoms with van der Waals surface area (Å²) in [5, 5.41) is 4.62. The number of halogens is 2. The summed E-state index contributed by atoms with van der Waals surface area (Å²) < 4.78 is 6.65. The molecule has 24 heavy (non-hydrogen) atoms. The fourth-order valence-electron chi connectivity index (χ4n) is 1.97. The molecule has 1 amide bonds. The predicted molar refractivity (Wildman–Crippen MR) is 101 cm³/mol. The largest absolute Gasteiger partial charge is 0.493 e. The summed E-state index contributed by atoms with van der Waals surface area (Å²) in [7, 11) is 0. The van der Waals surface area contributed by atoms with E-state index in [4.69, 9.17) is 16.3 Å². The lowest BCUT2D eigenvalue weighted by molar-refractivity contribution is -0.121. The van der Waals surface area contributed by atoms with Gasteiger partial charge in [-0.15, -0.1) is 0 Å². The number of carbonyl (C=O) groups is 1. The van der Waals surface area contributed by atoms with Crippen molar-refractivity contribution in [1.29, 1.82) is 0 Å². The van der Waals surface area contributed by atoms with Gasteiger partial charge in [0.1, 0.15) is 5.75 Å². The minimum absolute atomic E-state index is 0.139. The normalized spacial score (nSPS) is 10.8. The standard InChI is InChI=1S/C18H18BrClN2O2/c1-13-11-16(20)8-9-17(13)24-10-2-3-18(23)22-21-12-14-4-6-15(19)7-5-14/h4-9,11-12H,2-3,10H2,1H3,(H,22,23)/b21-12-. The zero-order valence-corrected chi connectivity index (χ0v) is 15.6. The van der Waals surface area contributed by atoms with Gasteiger partial charge in [0.2, 0.25) is 5.91 Å². The van der Waals surface area contributed by atoms with Gasteiger partial charge in [0, 0.05) is 15.9 Å². The van der Waals surface area contributed by atoms with Gasteiger partial charge < -0.3 is 4.74 Å². The second kappa shape index (κ2) is 9.45. The molecule has 2 aromatic rings. The van der Waals surface area contributed by atoms with Gasteiger partial charge in [-0.2, -0.15) is 5.10 Å². The van der Waals surface area contributed by atoms with Crippen LogP contribution in [-0.2, 0) is 4.79 Å². The van der Waals surface area contributed by atoms with E-state index in [1.165, 1.54) is 0 Å². The van der Waals surface area contributed by atoms with E-state index in [1.54, 1.807) is 12.3 Å². The molecule has 0 saturated heterocycles. The van der Waals surface area contributed by atoms with Gasteiger partial charge in [-0.3, -0.25) is 4.79 Å². The van der Waals surface area contributed by atoms with Crippen molar-refractivity contribution >= 4 is 39.7 Å². The summed E-state index contributed by atoms with van der Waals surface area (Å²) >= 11 is 9.26. The molecule has 4 nitrogen and oxygen atoms in total. The molecule has 0 spiro atoms. The van der Waals surface area contributed by atoms with E-state index in [0.717, 1.165) is 21.3 Å². The first-order valence-corrected chi connectivity index (χ1v) is 8.68. The van der Waals surface area contributed by atoms with Gasteiger partial charge in [0.25, 0.3) is 0 Å². The molecule has 0 aliphatic heterocycles. The molecule has 0 aromatic heterocycles. The Morgan fingerprint density at radius 2 is 2.04 bits per heavy atom. The summed E-state index contributed by atoms with van der Waals surface area (Å²) in [4.78, 5) is 11.7. The Morgan fingerprint density at radius 1 is 1.29 bits per heavy atom. The second-order valence-electron chi connectivity index (χ2n) is 5.21. The summed E-state index contributed by atoms with van der Waals surface area (Å²) in [5.74, 6) is 0.646. The van der Waals surface area contributed by atoms with Crippen molar-refractivity contribution in [3.8, 4) is 5.75 Å². The highest BCUT2D eigenvalue weighted by molar-refractivity contribution is 9.10. The van der Waals surface area contributed by atoms with Crippen LogP contribution in [0.4, 0.5) is 0 Å². The maximum atomic E-state index is 11.7. The van der Waals surface area contributed by atoms with Crippen molar-refractivity contribution in [2.75, 3.05) is 6.61 Å². The number of carbonyl (C=O) groups excluding carboxylic acids is 1. The van der Waals surface area contributed by atoms with Crippen LogP contribution in [0.3, 0.4) is 0 Å². The van der Waals surface area contributed by atoms with E-state index in [9.17, 15) is 4.79 Å². The molecule has 2 aromatic carbocycles. The van der Waals surface area contributed by atoms with Crippen molar-refractivity contribution in [3.63, 3.8) is 0 Å². The van der Waals surface area contributed by atoms with Crippen molar-refractivity contribution in [3.05, 3.63) is 63.1 Å². The zero-order valence-electron chi connectivity index (χ0n) is 13.3. The number of amides is 1. The van der Waals surface area contributed by atoms with Crippen molar-refractivity contribution in [1.82, 2.24) is 5.43 Å². The molecule has 1 N–H and O–H groups in total. The Balaban J connectivity index is 1.67. The van der Waals surface area contributed by atoms with Gasteiger partial charge in [0.15, 0.2) is 0 Å². The number of hydrazone groups is 1. The molecule has 0 saturated carbocycles. The van der Waals surface area contributed by atoms with Crippen LogP contribution in [0.1, 0.15) is 24.0 Å². The lowest BCUT2D eigenvalue weighted by Gasteiger charge is -2.08. The molecular formula is C18H18BrClN2O2. The van der Waals surface area contributed by atoms with E-state index in [-0.39, 0.29) is 5.91 Å². The maximum Gasteiger partial charge on any atom is 0.240 e. The van der Waals surface area contributed by atoms with Gasteiger partial charge in [-0.05, 0) is 54.8 Å². The summed E-state index contributed by atoms with van der Waals surface area (Å²) in [6, 6.07) is 13.1. The average molecular weight is 410 g/mol. The Bertz CT molecular complexity index is 717. The Labute approximate surface area is 155 Å². The Morgan fingerprint density at radius 3 is 2.75 bits per heavy atom. The molecule has 0 fully saturated rings. The minimum Gasteiger partial charge on any atom is -0.493 e. The first-order chi connectivity index (χ1) is 11.5. The van der Waals surface area contributed by atoms with Crippen LogP contribution in [0.2, 0.25) is 5.02 Å². The molecule has 0 unspecified atom stereocenters. The number of ether oxygens (including phenoxy) is 1. The number of aryl methyl sites for hydroxylation is 1. The smallest absolute Gasteiger partial charge is 0.240 e. The van der Waals surface area contributed by atoms with Crippen LogP contribution in [-0.4, -0.2) is 18.7 Å². The van der Waals surface area contributed by atoms with E-state index < -0.39 is 0 Å². The SMILES string of the molecule is Cc1cc(Cl)ccc1OCCCC(=O)N/N=C\c1ccc(Br)cc1. The molecule has 0 heterocycles. The van der Waals surface area contributed by atoms with E-state index in [0.29, 0.717) is 24.5 Å². The third-order valence-corrected chi connectivity index (χ3v) is 3.98.